The van der Waals surface area contributed by atoms with Crippen molar-refractivity contribution in [2.45, 2.75) is 18.2 Å². The zero-order chi connectivity index (χ0) is 24.1. The zero-order valence-corrected chi connectivity index (χ0v) is 18.7. The molecule has 1 unspecified atom stereocenters. The molecule has 0 spiro atoms. The van der Waals surface area contributed by atoms with Gasteiger partial charge in [0.2, 0.25) is 5.91 Å². The third-order valence-electron chi connectivity index (χ3n) is 4.71. The first-order valence-electron chi connectivity index (χ1n) is 10.2. The highest BCUT2D eigenvalue weighted by molar-refractivity contribution is 7.99. The first kappa shape index (κ1) is 23.4. The van der Waals surface area contributed by atoms with E-state index in [1.807, 2.05) is 30.3 Å². The van der Waals surface area contributed by atoms with Gasteiger partial charge in [-0.2, -0.15) is 0 Å². The molecule has 0 saturated heterocycles. The van der Waals surface area contributed by atoms with E-state index in [0.717, 1.165) is 29.6 Å². The minimum atomic E-state index is -0.868. The average Bonchev–Trinajstić information content (AvgIpc) is 3.26. The minimum absolute atomic E-state index is 0.0764. The fourth-order valence-electron chi connectivity index (χ4n) is 3.15. The molecular formula is C24H19F3N4O2S. The predicted octanol–water partition coefficient (Wildman–Crippen LogP) is 5.56. The molecule has 1 heterocycles. The van der Waals surface area contributed by atoms with E-state index in [0.29, 0.717) is 17.0 Å². The number of halogens is 3. The number of aromatic nitrogens is 3. The number of hydrogen-bond donors (Lipinski definition) is 1. The first-order chi connectivity index (χ1) is 16.4. The van der Waals surface area contributed by atoms with Gasteiger partial charge in [0.1, 0.15) is 11.6 Å². The quantitative estimate of drug-likeness (QED) is 0.332. The fourth-order valence-corrected chi connectivity index (χ4v) is 3.91. The van der Waals surface area contributed by atoms with Crippen molar-refractivity contribution in [1.29, 1.82) is 0 Å². The van der Waals surface area contributed by atoms with Crippen molar-refractivity contribution >= 4 is 23.4 Å². The van der Waals surface area contributed by atoms with Crippen LogP contribution in [0.5, 0.6) is 5.75 Å². The third-order valence-corrected chi connectivity index (χ3v) is 5.64. The van der Waals surface area contributed by atoms with Gasteiger partial charge in [-0.25, -0.2) is 13.2 Å². The Balaban J connectivity index is 1.55. The molecule has 1 atom stereocenters. The Kier molecular flexibility index (Phi) is 7.17. The Bertz CT molecular complexity index is 1300. The molecule has 10 heteroatoms. The normalized spacial score (nSPS) is 11.8. The molecule has 0 aliphatic carbocycles. The van der Waals surface area contributed by atoms with E-state index in [9.17, 15) is 18.0 Å². The van der Waals surface area contributed by atoms with Crippen molar-refractivity contribution < 1.29 is 22.7 Å². The van der Waals surface area contributed by atoms with Gasteiger partial charge in [-0.05, 0) is 43.3 Å². The molecule has 1 aromatic heterocycles. The SMILES string of the molecule is CC(Oc1ccccc1F)c1nnc(SCC(=O)Nc2ccc(F)cc2F)n1-c1ccccc1. The monoisotopic (exact) mass is 484 g/mol. The molecule has 0 aliphatic heterocycles. The number of carbonyl (C=O) groups excluding carboxylic acids is 1. The smallest absolute Gasteiger partial charge is 0.234 e. The van der Waals surface area contributed by atoms with E-state index in [-0.39, 0.29) is 17.2 Å². The Labute approximate surface area is 197 Å². The van der Waals surface area contributed by atoms with Crippen LogP contribution in [0.3, 0.4) is 0 Å². The molecule has 0 fully saturated rings. The second kappa shape index (κ2) is 10.4. The lowest BCUT2D eigenvalue weighted by atomic mass is 10.3. The molecule has 1 N–H and O–H groups in total. The van der Waals surface area contributed by atoms with E-state index in [2.05, 4.69) is 15.5 Å². The summed E-state index contributed by atoms with van der Waals surface area (Å²) in [6.07, 6.45) is -0.666. The summed E-state index contributed by atoms with van der Waals surface area (Å²) in [6, 6.07) is 18.1. The van der Waals surface area contributed by atoms with Crippen LogP contribution >= 0.6 is 11.8 Å². The summed E-state index contributed by atoms with van der Waals surface area (Å²) in [7, 11) is 0. The second-order valence-corrected chi connectivity index (χ2v) is 8.11. The highest BCUT2D eigenvalue weighted by Crippen LogP contribution is 2.29. The molecule has 0 bridgehead atoms. The number of nitrogens with one attached hydrogen (secondary N) is 1. The van der Waals surface area contributed by atoms with Gasteiger partial charge in [-0.1, -0.05) is 42.1 Å². The minimum Gasteiger partial charge on any atom is -0.480 e. The largest absolute Gasteiger partial charge is 0.480 e. The lowest BCUT2D eigenvalue weighted by Gasteiger charge is -2.17. The Morgan fingerprint density at radius 3 is 2.47 bits per heavy atom. The Hall–Kier alpha value is -3.79. The van der Waals surface area contributed by atoms with Crippen LogP contribution in [0, 0.1) is 17.5 Å². The number of para-hydroxylation sites is 2. The van der Waals surface area contributed by atoms with Gasteiger partial charge in [0, 0.05) is 11.8 Å². The number of anilines is 1. The predicted molar refractivity (Wildman–Crippen MR) is 123 cm³/mol. The molecule has 6 nitrogen and oxygen atoms in total. The van der Waals surface area contributed by atoms with Crippen LogP contribution in [0.2, 0.25) is 0 Å². The van der Waals surface area contributed by atoms with Crippen molar-refractivity contribution in [2.24, 2.45) is 0 Å². The number of benzene rings is 3. The molecule has 4 aromatic rings. The maximum atomic E-state index is 14.1. The van der Waals surface area contributed by atoms with Crippen LogP contribution in [0.15, 0.2) is 78.0 Å². The highest BCUT2D eigenvalue weighted by atomic mass is 32.2. The lowest BCUT2D eigenvalue weighted by Crippen LogP contribution is -2.16. The zero-order valence-electron chi connectivity index (χ0n) is 17.9. The van der Waals surface area contributed by atoms with Crippen molar-refractivity contribution in [1.82, 2.24) is 14.8 Å². The Morgan fingerprint density at radius 2 is 1.74 bits per heavy atom. The number of thioether (sulfide) groups is 1. The number of hydrogen-bond acceptors (Lipinski definition) is 5. The molecular weight excluding hydrogens is 465 g/mol. The van der Waals surface area contributed by atoms with Gasteiger partial charge in [0.05, 0.1) is 11.4 Å². The van der Waals surface area contributed by atoms with E-state index >= 15 is 0 Å². The van der Waals surface area contributed by atoms with Gasteiger partial charge >= 0.3 is 0 Å². The highest BCUT2D eigenvalue weighted by Gasteiger charge is 2.22. The molecule has 0 aliphatic rings. The van der Waals surface area contributed by atoms with E-state index in [4.69, 9.17) is 4.74 Å². The van der Waals surface area contributed by atoms with E-state index in [1.54, 1.807) is 23.6 Å². The third kappa shape index (κ3) is 5.40. The lowest BCUT2D eigenvalue weighted by molar-refractivity contribution is -0.113. The van der Waals surface area contributed by atoms with Crippen LogP contribution in [-0.4, -0.2) is 26.4 Å². The first-order valence-corrected chi connectivity index (χ1v) is 11.2. The molecule has 4 rings (SSSR count). The van der Waals surface area contributed by atoms with E-state index in [1.165, 1.54) is 12.1 Å². The van der Waals surface area contributed by atoms with Crippen LogP contribution in [0.4, 0.5) is 18.9 Å². The number of ether oxygens (including phenoxy) is 1. The summed E-state index contributed by atoms with van der Waals surface area (Å²) in [6.45, 7) is 1.72. The maximum Gasteiger partial charge on any atom is 0.234 e. The summed E-state index contributed by atoms with van der Waals surface area (Å²) in [5.41, 5.74) is 0.600. The molecule has 3 aromatic carbocycles. The van der Waals surface area contributed by atoms with Gasteiger partial charge in [-0.15, -0.1) is 10.2 Å². The average molecular weight is 485 g/mol. The van der Waals surface area contributed by atoms with Gasteiger partial charge in [0.25, 0.3) is 0 Å². The topological polar surface area (TPSA) is 69.0 Å². The van der Waals surface area contributed by atoms with Crippen molar-refractivity contribution in [3.8, 4) is 11.4 Å². The maximum absolute atomic E-state index is 14.1. The number of nitrogens with zero attached hydrogens (tertiary/aromatic N) is 3. The summed E-state index contributed by atoms with van der Waals surface area (Å²) >= 11 is 1.08. The number of carbonyl (C=O) groups is 1. The molecule has 0 saturated carbocycles. The summed E-state index contributed by atoms with van der Waals surface area (Å²) < 4.78 is 48.5. The molecule has 34 heavy (non-hydrogen) atoms. The molecule has 174 valence electrons. The van der Waals surface area contributed by atoms with Crippen LogP contribution in [0.1, 0.15) is 18.9 Å². The van der Waals surface area contributed by atoms with Crippen LogP contribution < -0.4 is 10.1 Å². The summed E-state index contributed by atoms with van der Waals surface area (Å²) in [4.78, 5) is 12.4. The second-order valence-electron chi connectivity index (χ2n) is 7.16. The standard InChI is InChI=1S/C24H19F3N4O2S/c1-15(33-21-10-6-5-9-18(21)26)23-29-30-24(31(23)17-7-3-2-4-8-17)34-14-22(32)28-20-12-11-16(25)13-19(20)27/h2-13,15H,14H2,1H3,(H,28,32). The molecule has 1 amide bonds. The van der Waals surface area contributed by atoms with Crippen molar-refractivity contribution in [3.63, 3.8) is 0 Å². The fraction of sp³-hybridized carbons (Fsp3) is 0.125. The molecule has 0 radical (unpaired) electrons. The number of amides is 1. The number of rotatable bonds is 8. The van der Waals surface area contributed by atoms with Crippen molar-refractivity contribution in [2.75, 3.05) is 11.1 Å². The summed E-state index contributed by atoms with van der Waals surface area (Å²) in [5, 5.41) is 11.2. The van der Waals surface area contributed by atoms with Crippen LogP contribution in [-0.2, 0) is 4.79 Å². The van der Waals surface area contributed by atoms with Gasteiger partial charge in [-0.3, -0.25) is 9.36 Å². The summed E-state index contributed by atoms with van der Waals surface area (Å²) in [5.74, 6) is -2.24. The van der Waals surface area contributed by atoms with Crippen molar-refractivity contribution in [3.05, 3.63) is 96.1 Å². The van der Waals surface area contributed by atoms with E-state index < -0.39 is 29.5 Å². The Morgan fingerprint density at radius 1 is 1.00 bits per heavy atom. The van der Waals surface area contributed by atoms with Gasteiger partial charge in [0.15, 0.2) is 28.7 Å². The van der Waals surface area contributed by atoms with Gasteiger partial charge < -0.3 is 10.1 Å². The van der Waals surface area contributed by atoms with Crippen LogP contribution in [0.25, 0.3) is 5.69 Å².